The number of hydrogen-bond donors (Lipinski definition) is 2. The first kappa shape index (κ1) is 7.37. The maximum absolute atomic E-state index is 10.6. The average molecular weight is 181 g/mol. The Balaban J connectivity index is 3.62. The van der Waals surface area contributed by atoms with E-state index in [0.29, 0.717) is 0 Å². The van der Waals surface area contributed by atoms with Crippen LogP contribution >= 0.6 is 23.2 Å². The number of nitrogens with one attached hydrogen (secondary N) is 2. The lowest BCUT2D eigenvalue weighted by Gasteiger charge is -1.89. The third-order valence-corrected chi connectivity index (χ3v) is 1.58. The van der Waals surface area contributed by atoms with E-state index in [2.05, 4.69) is 4.98 Å². The van der Waals surface area contributed by atoms with Gasteiger partial charge in [0.25, 0.3) is 5.56 Å². The van der Waals surface area contributed by atoms with Gasteiger partial charge in [0, 0.05) is 0 Å². The molecule has 0 bridgehead atoms. The van der Waals surface area contributed by atoms with Gasteiger partial charge in [-0.25, -0.2) is 4.79 Å². The molecule has 0 aliphatic heterocycles. The van der Waals surface area contributed by atoms with Gasteiger partial charge in [-0.2, -0.15) is 0 Å². The fourth-order valence-corrected chi connectivity index (χ4v) is 0.710. The predicted molar refractivity (Wildman–Crippen MR) is 37.7 cm³/mol. The fourth-order valence-electron chi connectivity index (χ4n) is 0.443. The summed E-state index contributed by atoms with van der Waals surface area (Å²) in [5.74, 6) is 0. The van der Waals surface area contributed by atoms with Gasteiger partial charge < -0.3 is 0 Å². The number of aromatic amines is 2. The minimum Gasteiger partial charge on any atom is -0.296 e. The average Bonchev–Trinajstić information content (AvgIpc) is 1.82. The number of hydrogen-bond acceptors (Lipinski definition) is 2. The molecule has 1 rings (SSSR count). The van der Waals surface area contributed by atoms with Crippen molar-refractivity contribution in [2.45, 2.75) is 0 Å². The summed E-state index contributed by atoms with van der Waals surface area (Å²) in [6.07, 6.45) is 0. The van der Waals surface area contributed by atoms with E-state index in [4.69, 9.17) is 23.2 Å². The quantitative estimate of drug-likeness (QED) is 0.567. The molecule has 0 aromatic carbocycles. The van der Waals surface area contributed by atoms with Gasteiger partial charge in [0.1, 0.15) is 10.2 Å². The second-order valence-corrected chi connectivity index (χ2v) is 2.29. The highest BCUT2D eigenvalue weighted by Gasteiger charge is 2.01. The topological polar surface area (TPSA) is 65.7 Å². The van der Waals surface area contributed by atoms with Crippen molar-refractivity contribution in [2.24, 2.45) is 0 Å². The summed E-state index contributed by atoms with van der Waals surface area (Å²) in [7, 11) is 0. The Bertz CT molecular complexity index is 353. The molecular formula is C4H2Cl2N2O2. The first-order chi connectivity index (χ1) is 4.61. The summed E-state index contributed by atoms with van der Waals surface area (Å²) >= 11 is 10.6. The van der Waals surface area contributed by atoms with E-state index in [1.54, 1.807) is 0 Å². The fraction of sp³-hybridized carbons (Fsp3) is 0. The summed E-state index contributed by atoms with van der Waals surface area (Å²) < 4.78 is 0. The molecule has 0 aliphatic carbocycles. The van der Waals surface area contributed by atoms with Crippen molar-refractivity contribution in [3.05, 3.63) is 31.0 Å². The third-order valence-electron chi connectivity index (χ3n) is 0.842. The number of aromatic nitrogens is 2. The minimum atomic E-state index is -0.685. The van der Waals surface area contributed by atoms with Crippen molar-refractivity contribution in [1.29, 1.82) is 0 Å². The molecule has 0 radical (unpaired) electrons. The molecule has 0 spiro atoms. The molecule has 6 heteroatoms. The summed E-state index contributed by atoms with van der Waals surface area (Å²) in [6, 6.07) is 0. The van der Waals surface area contributed by atoms with E-state index in [1.165, 1.54) is 0 Å². The molecule has 4 nitrogen and oxygen atoms in total. The van der Waals surface area contributed by atoms with Crippen LogP contribution in [0.3, 0.4) is 0 Å². The van der Waals surface area contributed by atoms with Gasteiger partial charge in [0.15, 0.2) is 0 Å². The van der Waals surface area contributed by atoms with Gasteiger partial charge in [-0.05, 0) is 0 Å². The lowest BCUT2D eigenvalue weighted by molar-refractivity contribution is 1.04. The molecule has 1 aromatic heterocycles. The maximum Gasteiger partial charge on any atom is 0.326 e. The van der Waals surface area contributed by atoms with Crippen molar-refractivity contribution < 1.29 is 0 Å². The molecule has 2 N–H and O–H groups in total. The first-order valence-electron chi connectivity index (χ1n) is 2.29. The summed E-state index contributed by atoms with van der Waals surface area (Å²) in [5.41, 5.74) is -1.35. The smallest absolute Gasteiger partial charge is 0.296 e. The standard InChI is InChI=1S/C4H2Cl2N2O2/c5-1-2(6)7-4(10)8-3(1)9/h(H2,7,8,9,10). The Hall–Kier alpha value is -0.740. The number of rotatable bonds is 0. The van der Waals surface area contributed by atoms with Crippen molar-refractivity contribution in [1.82, 2.24) is 9.97 Å². The summed E-state index contributed by atoms with van der Waals surface area (Å²) in [4.78, 5) is 25.0. The second kappa shape index (κ2) is 2.48. The van der Waals surface area contributed by atoms with E-state index in [1.807, 2.05) is 4.98 Å². The summed E-state index contributed by atoms with van der Waals surface area (Å²) in [6.45, 7) is 0. The maximum atomic E-state index is 10.6. The highest BCUT2D eigenvalue weighted by atomic mass is 35.5. The molecule has 0 amide bonds. The predicted octanol–water partition coefficient (Wildman–Crippen LogP) is 0.370. The van der Waals surface area contributed by atoms with Gasteiger partial charge >= 0.3 is 5.69 Å². The Morgan fingerprint density at radius 3 is 2.20 bits per heavy atom. The summed E-state index contributed by atoms with van der Waals surface area (Å²) in [5, 5.41) is -0.350. The lowest BCUT2D eigenvalue weighted by atomic mass is 10.6. The molecule has 0 saturated heterocycles. The highest BCUT2D eigenvalue weighted by molar-refractivity contribution is 6.40. The molecule has 0 aliphatic rings. The third kappa shape index (κ3) is 1.22. The van der Waals surface area contributed by atoms with Crippen LogP contribution in [0.4, 0.5) is 0 Å². The molecule has 0 atom stereocenters. The van der Waals surface area contributed by atoms with Crippen LogP contribution in [0.5, 0.6) is 0 Å². The van der Waals surface area contributed by atoms with Crippen LogP contribution in [0.1, 0.15) is 0 Å². The number of H-pyrrole nitrogens is 2. The van der Waals surface area contributed by atoms with E-state index in [0.717, 1.165) is 0 Å². The van der Waals surface area contributed by atoms with Gasteiger partial charge in [-0.1, -0.05) is 23.2 Å². The first-order valence-corrected chi connectivity index (χ1v) is 3.04. The Kier molecular flexibility index (Phi) is 1.82. The van der Waals surface area contributed by atoms with Crippen molar-refractivity contribution in [2.75, 3.05) is 0 Å². The zero-order chi connectivity index (χ0) is 7.72. The van der Waals surface area contributed by atoms with Gasteiger partial charge in [0.05, 0.1) is 0 Å². The van der Waals surface area contributed by atoms with Crippen LogP contribution in [0.2, 0.25) is 10.2 Å². The van der Waals surface area contributed by atoms with Crippen molar-refractivity contribution in [3.8, 4) is 0 Å². The van der Waals surface area contributed by atoms with Crippen LogP contribution in [-0.4, -0.2) is 9.97 Å². The van der Waals surface area contributed by atoms with Crippen molar-refractivity contribution >= 4 is 23.2 Å². The van der Waals surface area contributed by atoms with Gasteiger partial charge in [0.2, 0.25) is 0 Å². The molecule has 1 heterocycles. The Morgan fingerprint density at radius 1 is 1.10 bits per heavy atom. The molecule has 54 valence electrons. The molecular weight excluding hydrogens is 179 g/mol. The van der Waals surface area contributed by atoms with Crippen LogP contribution in [0.15, 0.2) is 9.59 Å². The van der Waals surface area contributed by atoms with E-state index in [-0.39, 0.29) is 10.2 Å². The zero-order valence-electron chi connectivity index (χ0n) is 4.57. The minimum absolute atomic E-state index is 0.143. The Morgan fingerprint density at radius 2 is 1.70 bits per heavy atom. The van der Waals surface area contributed by atoms with Crippen LogP contribution < -0.4 is 11.2 Å². The van der Waals surface area contributed by atoms with Crippen LogP contribution in [-0.2, 0) is 0 Å². The van der Waals surface area contributed by atoms with E-state index in [9.17, 15) is 9.59 Å². The largest absolute Gasteiger partial charge is 0.326 e. The molecule has 10 heavy (non-hydrogen) atoms. The Labute approximate surface area is 64.8 Å². The SMILES string of the molecule is O=c1[nH]c(Cl)c(Cl)c(=O)[nH]1. The highest BCUT2D eigenvalue weighted by Crippen LogP contribution is 2.09. The monoisotopic (exact) mass is 180 g/mol. The molecule has 0 saturated carbocycles. The van der Waals surface area contributed by atoms with Crippen LogP contribution in [0.25, 0.3) is 0 Å². The lowest BCUT2D eigenvalue weighted by Crippen LogP contribution is -2.22. The molecule has 0 fully saturated rings. The zero-order valence-corrected chi connectivity index (χ0v) is 6.08. The van der Waals surface area contributed by atoms with Crippen LogP contribution in [0, 0.1) is 0 Å². The molecule has 1 aromatic rings. The van der Waals surface area contributed by atoms with E-state index >= 15 is 0 Å². The number of halogens is 2. The van der Waals surface area contributed by atoms with Gasteiger partial charge in [-0.3, -0.25) is 14.8 Å². The second-order valence-electron chi connectivity index (χ2n) is 1.54. The van der Waals surface area contributed by atoms with Gasteiger partial charge in [-0.15, -0.1) is 0 Å². The molecule has 0 unspecified atom stereocenters. The normalized spacial score (nSPS) is 9.80. The van der Waals surface area contributed by atoms with Crippen molar-refractivity contribution in [3.63, 3.8) is 0 Å². The van der Waals surface area contributed by atoms with E-state index < -0.39 is 11.2 Å².